The number of nitrogens with zero attached hydrogens (tertiary/aromatic N) is 2. The molecule has 0 spiro atoms. The number of benzene rings is 2. The van der Waals surface area contributed by atoms with Gasteiger partial charge in [0.05, 0.1) is 18.1 Å². The Balaban J connectivity index is 1.52. The number of nitriles is 1. The molecule has 0 aromatic heterocycles. The molecule has 0 atom stereocenters. The molecule has 2 aromatic carbocycles. The van der Waals surface area contributed by atoms with E-state index in [1.165, 1.54) is 6.07 Å². The Hall–Kier alpha value is -3.20. The number of carbonyl (C=O) groups excluding carboxylic acids is 2. The minimum absolute atomic E-state index is 0.0322. The quantitative estimate of drug-likeness (QED) is 0.905. The Bertz CT molecular complexity index is 883. The molecule has 0 radical (unpaired) electrons. The van der Waals surface area contributed by atoms with Crippen LogP contribution in [0.1, 0.15) is 24.0 Å². The van der Waals surface area contributed by atoms with Crippen LogP contribution in [-0.2, 0) is 16.0 Å². The molecule has 0 unspecified atom stereocenters. The molecular weight excluding hydrogens is 345 g/mol. The third kappa shape index (κ3) is 4.70. The van der Waals surface area contributed by atoms with Crippen molar-refractivity contribution in [3.05, 3.63) is 65.5 Å². The Morgan fingerprint density at radius 3 is 2.59 bits per heavy atom. The predicted molar refractivity (Wildman–Crippen MR) is 99.2 cm³/mol. The molecule has 1 saturated heterocycles. The zero-order valence-electron chi connectivity index (χ0n) is 14.8. The van der Waals surface area contributed by atoms with Crippen molar-refractivity contribution in [3.8, 4) is 6.07 Å². The third-order valence-electron chi connectivity index (χ3n) is 4.78. The summed E-state index contributed by atoms with van der Waals surface area (Å²) < 4.78 is 13.7. The number of carbonyl (C=O) groups is 2. The number of nitrogens with one attached hydrogen (secondary N) is 1. The summed E-state index contributed by atoms with van der Waals surface area (Å²) in [5.41, 5.74) is 1.47. The monoisotopic (exact) mass is 365 g/mol. The first-order chi connectivity index (χ1) is 13.1. The van der Waals surface area contributed by atoms with Crippen LogP contribution >= 0.6 is 0 Å². The number of anilines is 1. The van der Waals surface area contributed by atoms with Gasteiger partial charge >= 0.3 is 0 Å². The van der Waals surface area contributed by atoms with E-state index in [1.54, 1.807) is 47.4 Å². The second kappa shape index (κ2) is 8.45. The number of halogens is 1. The summed E-state index contributed by atoms with van der Waals surface area (Å²) in [7, 11) is 0. The number of piperidine rings is 1. The van der Waals surface area contributed by atoms with Crippen LogP contribution in [0, 0.1) is 23.1 Å². The molecule has 6 heteroatoms. The molecule has 2 amide bonds. The Labute approximate surface area is 157 Å². The van der Waals surface area contributed by atoms with E-state index in [0.29, 0.717) is 42.7 Å². The molecule has 1 aliphatic rings. The van der Waals surface area contributed by atoms with Gasteiger partial charge in [0.1, 0.15) is 5.82 Å². The molecule has 0 bridgehead atoms. The smallest absolute Gasteiger partial charge is 0.227 e. The Morgan fingerprint density at radius 2 is 1.89 bits per heavy atom. The fourth-order valence-electron chi connectivity index (χ4n) is 3.22. The lowest BCUT2D eigenvalue weighted by Gasteiger charge is -2.31. The molecule has 138 valence electrons. The number of hydrogen-bond donors (Lipinski definition) is 1. The van der Waals surface area contributed by atoms with Gasteiger partial charge in [-0.15, -0.1) is 0 Å². The van der Waals surface area contributed by atoms with Crippen molar-refractivity contribution < 1.29 is 14.0 Å². The molecule has 1 fully saturated rings. The van der Waals surface area contributed by atoms with Crippen molar-refractivity contribution in [2.45, 2.75) is 19.3 Å². The maximum Gasteiger partial charge on any atom is 0.227 e. The average Bonchev–Trinajstić information content (AvgIpc) is 2.70. The number of likely N-dealkylation sites (tertiary alicyclic amines) is 1. The topological polar surface area (TPSA) is 73.2 Å². The normalized spacial score (nSPS) is 14.4. The van der Waals surface area contributed by atoms with Crippen LogP contribution in [0.15, 0.2) is 48.5 Å². The van der Waals surface area contributed by atoms with E-state index in [9.17, 15) is 14.0 Å². The zero-order chi connectivity index (χ0) is 19.2. The Kier molecular flexibility index (Phi) is 5.82. The van der Waals surface area contributed by atoms with Gasteiger partial charge in [-0.1, -0.05) is 24.3 Å². The molecular formula is C21H20FN3O2. The first kappa shape index (κ1) is 18.6. The van der Waals surface area contributed by atoms with Crippen LogP contribution < -0.4 is 5.32 Å². The van der Waals surface area contributed by atoms with Gasteiger partial charge in [-0.05, 0) is 42.7 Å². The first-order valence-corrected chi connectivity index (χ1v) is 8.89. The average molecular weight is 365 g/mol. The SMILES string of the molecule is N#Cc1cccc(NC(=O)C2CCN(C(=O)Cc3ccccc3F)CC2)c1. The van der Waals surface area contributed by atoms with E-state index < -0.39 is 0 Å². The number of hydrogen-bond acceptors (Lipinski definition) is 3. The lowest BCUT2D eigenvalue weighted by molar-refractivity contribution is -0.133. The maximum atomic E-state index is 13.7. The Morgan fingerprint density at radius 1 is 1.15 bits per heavy atom. The molecule has 3 rings (SSSR count). The van der Waals surface area contributed by atoms with Gasteiger partial charge in [-0.3, -0.25) is 9.59 Å². The van der Waals surface area contributed by atoms with Crippen molar-refractivity contribution >= 4 is 17.5 Å². The highest BCUT2D eigenvalue weighted by molar-refractivity contribution is 5.93. The van der Waals surface area contributed by atoms with Crippen molar-refractivity contribution in [1.82, 2.24) is 4.90 Å². The fourth-order valence-corrected chi connectivity index (χ4v) is 3.22. The highest BCUT2D eigenvalue weighted by Crippen LogP contribution is 2.21. The number of rotatable bonds is 4. The van der Waals surface area contributed by atoms with Crippen molar-refractivity contribution in [3.63, 3.8) is 0 Å². The minimum atomic E-state index is -0.375. The van der Waals surface area contributed by atoms with Crippen LogP contribution in [0.5, 0.6) is 0 Å². The van der Waals surface area contributed by atoms with E-state index in [4.69, 9.17) is 5.26 Å². The summed E-state index contributed by atoms with van der Waals surface area (Å²) in [5.74, 6) is -0.792. The van der Waals surface area contributed by atoms with E-state index in [2.05, 4.69) is 5.32 Å². The van der Waals surface area contributed by atoms with Crippen LogP contribution in [0.2, 0.25) is 0 Å². The minimum Gasteiger partial charge on any atom is -0.342 e. The van der Waals surface area contributed by atoms with Gasteiger partial charge in [-0.25, -0.2) is 4.39 Å². The van der Waals surface area contributed by atoms with E-state index in [0.717, 1.165) is 0 Å². The molecule has 27 heavy (non-hydrogen) atoms. The van der Waals surface area contributed by atoms with Crippen LogP contribution in [-0.4, -0.2) is 29.8 Å². The summed E-state index contributed by atoms with van der Waals surface area (Å²) in [4.78, 5) is 26.5. The standard InChI is InChI=1S/C21H20FN3O2/c22-19-7-2-1-5-17(19)13-20(26)25-10-8-16(9-11-25)21(27)24-18-6-3-4-15(12-18)14-23/h1-7,12,16H,8-11,13H2,(H,24,27). The molecule has 2 aromatic rings. The van der Waals surface area contributed by atoms with Crippen molar-refractivity contribution in [2.75, 3.05) is 18.4 Å². The van der Waals surface area contributed by atoms with Crippen LogP contribution in [0.3, 0.4) is 0 Å². The van der Waals surface area contributed by atoms with Crippen molar-refractivity contribution in [1.29, 1.82) is 5.26 Å². The van der Waals surface area contributed by atoms with Crippen LogP contribution in [0.25, 0.3) is 0 Å². The largest absolute Gasteiger partial charge is 0.342 e. The van der Waals surface area contributed by atoms with Gasteiger partial charge in [0.2, 0.25) is 11.8 Å². The molecule has 1 heterocycles. The van der Waals surface area contributed by atoms with Gasteiger partial charge in [0.15, 0.2) is 0 Å². The van der Waals surface area contributed by atoms with E-state index in [1.807, 2.05) is 6.07 Å². The number of amides is 2. The van der Waals surface area contributed by atoms with E-state index in [-0.39, 0.29) is 30.0 Å². The van der Waals surface area contributed by atoms with Gasteiger partial charge in [0.25, 0.3) is 0 Å². The lowest BCUT2D eigenvalue weighted by Crippen LogP contribution is -2.42. The van der Waals surface area contributed by atoms with Gasteiger partial charge in [0, 0.05) is 24.7 Å². The fraction of sp³-hybridized carbons (Fsp3) is 0.286. The second-order valence-electron chi connectivity index (χ2n) is 6.61. The summed E-state index contributed by atoms with van der Waals surface area (Å²) in [6.45, 7) is 0.952. The lowest BCUT2D eigenvalue weighted by atomic mass is 9.95. The third-order valence-corrected chi connectivity index (χ3v) is 4.78. The second-order valence-corrected chi connectivity index (χ2v) is 6.61. The maximum absolute atomic E-state index is 13.7. The highest BCUT2D eigenvalue weighted by atomic mass is 19.1. The summed E-state index contributed by atoms with van der Waals surface area (Å²) in [6, 6.07) is 15.1. The van der Waals surface area contributed by atoms with E-state index >= 15 is 0 Å². The van der Waals surface area contributed by atoms with Gasteiger partial charge in [-0.2, -0.15) is 5.26 Å². The highest BCUT2D eigenvalue weighted by Gasteiger charge is 2.27. The molecule has 0 aliphatic carbocycles. The first-order valence-electron chi connectivity index (χ1n) is 8.89. The van der Waals surface area contributed by atoms with Crippen molar-refractivity contribution in [2.24, 2.45) is 5.92 Å². The summed E-state index contributed by atoms with van der Waals surface area (Å²) >= 11 is 0. The molecule has 0 saturated carbocycles. The zero-order valence-corrected chi connectivity index (χ0v) is 14.8. The summed E-state index contributed by atoms with van der Waals surface area (Å²) in [5, 5.41) is 11.8. The van der Waals surface area contributed by atoms with Gasteiger partial charge < -0.3 is 10.2 Å². The van der Waals surface area contributed by atoms with Crippen LogP contribution in [0.4, 0.5) is 10.1 Å². The molecule has 1 aliphatic heterocycles. The molecule has 5 nitrogen and oxygen atoms in total. The predicted octanol–water partition coefficient (Wildman–Crippen LogP) is 3.12. The summed E-state index contributed by atoms with van der Waals surface area (Å²) in [6.07, 6.45) is 1.16. The molecule has 1 N–H and O–H groups in total.